The number of aromatic nitrogens is 2. The molecular formula is C12H23N3. The van der Waals surface area contributed by atoms with E-state index in [1.165, 1.54) is 0 Å². The average Bonchev–Trinajstić information content (AvgIpc) is 2.50. The minimum absolute atomic E-state index is 0.0552. The van der Waals surface area contributed by atoms with Crippen LogP contribution in [0.2, 0.25) is 0 Å². The number of nitrogens with zero attached hydrogens (tertiary/aromatic N) is 2. The molecule has 1 aromatic rings. The van der Waals surface area contributed by atoms with Gasteiger partial charge in [-0.25, -0.2) is 4.98 Å². The summed E-state index contributed by atoms with van der Waals surface area (Å²) in [5.74, 6) is 0.601. The van der Waals surface area contributed by atoms with Crippen LogP contribution in [-0.4, -0.2) is 9.55 Å². The molecule has 1 unspecified atom stereocenters. The summed E-state index contributed by atoms with van der Waals surface area (Å²) in [7, 11) is 0. The van der Waals surface area contributed by atoms with E-state index in [1.807, 2.05) is 19.4 Å². The van der Waals surface area contributed by atoms with Gasteiger partial charge in [-0.05, 0) is 18.3 Å². The van der Waals surface area contributed by atoms with Gasteiger partial charge in [0.25, 0.3) is 0 Å². The van der Waals surface area contributed by atoms with Gasteiger partial charge in [-0.2, -0.15) is 0 Å². The molecule has 86 valence electrons. The van der Waals surface area contributed by atoms with Gasteiger partial charge in [-0.3, -0.25) is 0 Å². The predicted octanol–water partition coefficient (Wildman–Crippen LogP) is 2.59. The molecule has 0 fully saturated rings. The smallest absolute Gasteiger partial charge is 0.0948 e. The zero-order valence-electron chi connectivity index (χ0n) is 10.5. The van der Waals surface area contributed by atoms with E-state index in [0.29, 0.717) is 11.3 Å². The zero-order valence-corrected chi connectivity index (χ0v) is 10.5. The summed E-state index contributed by atoms with van der Waals surface area (Å²) < 4.78 is 2.17. The van der Waals surface area contributed by atoms with Crippen LogP contribution >= 0.6 is 0 Å². The van der Waals surface area contributed by atoms with Gasteiger partial charge in [-0.1, -0.05) is 27.7 Å². The zero-order chi connectivity index (χ0) is 11.6. The van der Waals surface area contributed by atoms with Crippen LogP contribution in [0, 0.1) is 11.3 Å². The Morgan fingerprint density at radius 3 is 2.47 bits per heavy atom. The van der Waals surface area contributed by atoms with E-state index in [4.69, 9.17) is 5.73 Å². The van der Waals surface area contributed by atoms with Crippen LogP contribution in [0.1, 0.15) is 46.4 Å². The number of hydrogen-bond acceptors (Lipinski definition) is 2. The maximum atomic E-state index is 5.88. The highest BCUT2D eigenvalue weighted by molar-refractivity contribution is 5.03. The van der Waals surface area contributed by atoms with E-state index in [1.54, 1.807) is 0 Å². The Balaban J connectivity index is 2.77. The summed E-state index contributed by atoms with van der Waals surface area (Å²) >= 11 is 0. The summed E-state index contributed by atoms with van der Waals surface area (Å²) in [5, 5.41) is 0. The molecular weight excluding hydrogens is 186 g/mol. The molecule has 0 aliphatic rings. The van der Waals surface area contributed by atoms with Crippen molar-refractivity contribution < 1.29 is 0 Å². The summed E-state index contributed by atoms with van der Waals surface area (Å²) in [4.78, 5) is 4.16. The molecule has 1 heterocycles. The minimum atomic E-state index is 0.0552. The van der Waals surface area contributed by atoms with Crippen LogP contribution in [0.3, 0.4) is 0 Å². The van der Waals surface area contributed by atoms with Crippen molar-refractivity contribution in [3.8, 4) is 0 Å². The maximum absolute atomic E-state index is 5.88. The van der Waals surface area contributed by atoms with Gasteiger partial charge in [0.05, 0.1) is 12.0 Å². The van der Waals surface area contributed by atoms with Crippen LogP contribution in [0.5, 0.6) is 0 Å². The Hall–Kier alpha value is -0.830. The average molecular weight is 209 g/mol. The normalized spacial score (nSPS) is 16.4. The quantitative estimate of drug-likeness (QED) is 0.831. The second-order valence-electron chi connectivity index (χ2n) is 5.53. The second-order valence-corrected chi connectivity index (χ2v) is 5.53. The van der Waals surface area contributed by atoms with Gasteiger partial charge >= 0.3 is 0 Å². The molecule has 0 saturated heterocycles. The topological polar surface area (TPSA) is 43.8 Å². The first-order chi connectivity index (χ1) is 6.82. The molecule has 0 spiro atoms. The van der Waals surface area contributed by atoms with Gasteiger partial charge in [0.15, 0.2) is 0 Å². The molecule has 1 rings (SSSR count). The molecule has 0 amide bonds. The number of imidazole rings is 1. The maximum Gasteiger partial charge on any atom is 0.0948 e. The fourth-order valence-corrected chi connectivity index (χ4v) is 1.43. The van der Waals surface area contributed by atoms with E-state index in [-0.39, 0.29) is 6.04 Å². The van der Waals surface area contributed by atoms with Crippen LogP contribution in [0.15, 0.2) is 12.5 Å². The highest BCUT2D eigenvalue weighted by Gasteiger charge is 2.21. The number of hydrogen-bond donors (Lipinski definition) is 1. The molecule has 0 saturated carbocycles. The van der Waals surface area contributed by atoms with Crippen molar-refractivity contribution >= 4 is 0 Å². The Morgan fingerprint density at radius 1 is 1.40 bits per heavy atom. The molecule has 15 heavy (non-hydrogen) atoms. The summed E-state index contributed by atoms with van der Waals surface area (Å²) in [6.45, 7) is 12.0. The predicted molar refractivity (Wildman–Crippen MR) is 63.4 cm³/mol. The molecule has 2 atom stereocenters. The summed E-state index contributed by atoms with van der Waals surface area (Å²) in [5.41, 5.74) is 7.32. The molecule has 3 heteroatoms. The van der Waals surface area contributed by atoms with E-state index < -0.39 is 0 Å². The lowest BCUT2D eigenvalue weighted by Gasteiger charge is -2.28. The van der Waals surface area contributed by atoms with Crippen molar-refractivity contribution in [2.45, 2.75) is 47.2 Å². The van der Waals surface area contributed by atoms with Gasteiger partial charge in [0.1, 0.15) is 0 Å². The highest BCUT2D eigenvalue weighted by atomic mass is 15.1. The van der Waals surface area contributed by atoms with Crippen molar-refractivity contribution in [1.82, 2.24) is 9.55 Å². The van der Waals surface area contributed by atoms with Crippen LogP contribution in [0.4, 0.5) is 0 Å². The van der Waals surface area contributed by atoms with Crippen LogP contribution in [0.25, 0.3) is 0 Å². The van der Waals surface area contributed by atoms with Crippen molar-refractivity contribution in [3.05, 3.63) is 18.2 Å². The van der Waals surface area contributed by atoms with E-state index in [0.717, 1.165) is 12.2 Å². The molecule has 0 bridgehead atoms. The SMILES string of the molecule is CC(Cn1cncc1[C@H](C)N)C(C)(C)C. The van der Waals surface area contributed by atoms with Crippen LogP contribution in [-0.2, 0) is 6.54 Å². The van der Waals surface area contributed by atoms with E-state index >= 15 is 0 Å². The number of nitrogens with two attached hydrogens (primary N) is 1. The Morgan fingerprint density at radius 2 is 2.00 bits per heavy atom. The Labute approximate surface area is 92.7 Å². The Bertz CT molecular complexity index is 307. The van der Waals surface area contributed by atoms with Gasteiger partial charge < -0.3 is 10.3 Å². The third-order valence-corrected chi connectivity index (χ3v) is 3.16. The first-order valence-electron chi connectivity index (χ1n) is 5.58. The monoisotopic (exact) mass is 209 g/mol. The fourth-order valence-electron chi connectivity index (χ4n) is 1.43. The van der Waals surface area contributed by atoms with Gasteiger partial charge in [0.2, 0.25) is 0 Å². The largest absolute Gasteiger partial charge is 0.333 e. The first-order valence-corrected chi connectivity index (χ1v) is 5.58. The van der Waals surface area contributed by atoms with Gasteiger partial charge in [-0.15, -0.1) is 0 Å². The van der Waals surface area contributed by atoms with Crippen molar-refractivity contribution in [2.24, 2.45) is 17.1 Å². The standard InChI is InChI=1S/C12H23N3/c1-9(12(3,4)5)7-15-8-14-6-11(15)10(2)13/h6,8-10H,7,13H2,1-5H3/t9?,10-/m0/s1. The molecule has 1 aromatic heterocycles. The molecule has 0 aliphatic carbocycles. The third-order valence-electron chi connectivity index (χ3n) is 3.16. The third kappa shape index (κ3) is 3.06. The molecule has 2 N–H and O–H groups in total. The van der Waals surface area contributed by atoms with Gasteiger partial charge in [0, 0.05) is 18.8 Å². The lowest BCUT2D eigenvalue weighted by molar-refractivity contribution is 0.230. The van der Waals surface area contributed by atoms with Crippen molar-refractivity contribution in [2.75, 3.05) is 0 Å². The lowest BCUT2D eigenvalue weighted by Crippen LogP contribution is -2.24. The molecule has 0 radical (unpaired) electrons. The fraction of sp³-hybridized carbons (Fsp3) is 0.750. The first kappa shape index (κ1) is 12.2. The Kier molecular flexibility index (Phi) is 3.55. The van der Waals surface area contributed by atoms with E-state index in [2.05, 4.69) is 37.2 Å². The molecule has 3 nitrogen and oxygen atoms in total. The number of rotatable bonds is 3. The minimum Gasteiger partial charge on any atom is -0.333 e. The molecule has 0 aliphatic heterocycles. The second kappa shape index (κ2) is 4.35. The van der Waals surface area contributed by atoms with Crippen LogP contribution < -0.4 is 5.73 Å². The van der Waals surface area contributed by atoms with E-state index in [9.17, 15) is 0 Å². The van der Waals surface area contributed by atoms with Crippen molar-refractivity contribution in [1.29, 1.82) is 0 Å². The summed E-state index contributed by atoms with van der Waals surface area (Å²) in [6.07, 6.45) is 3.74. The lowest BCUT2D eigenvalue weighted by atomic mass is 9.82. The van der Waals surface area contributed by atoms with Crippen molar-refractivity contribution in [3.63, 3.8) is 0 Å². The molecule has 0 aromatic carbocycles. The summed E-state index contributed by atoms with van der Waals surface area (Å²) in [6, 6.07) is 0.0552. The highest BCUT2D eigenvalue weighted by Crippen LogP contribution is 2.27.